The fraction of sp³-hybridized carbons (Fsp3) is 0.286. The quantitative estimate of drug-likeness (QED) is 0.869. The number of hydrogen-bond acceptors (Lipinski definition) is 4. The Morgan fingerprint density at radius 1 is 1.42 bits per heavy atom. The summed E-state index contributed by atoms with van der Waals surface area (Å²) in [5.41, 5.74) is 7.82. The molecule has 3 N–H and O–H groups in total. The fourth-order valence-corrected chi connectivity index (χ4v) is 2.68. The highest BCUT2D eigenvalue weighted by molar-refractivity contribution is 5.68. The van der Waals surface area contributed by atoms with Crippen LogP contribution in [-0.2, 0) is 0 Å². The monoisotopic (exact) mass is 256 g/mol. The van der Waals surface area contributed by atoms with Gasteiger partial charge in [0, 0.05) is 30.5 Å². The van der Waals surface area contributed by atoms with Gasteiger partial charge in [-0.25, -0.2) is 4.98 Å². The van der Waals surface area contributed by atoms with Crippen molar-refractivity contribution in [1.82, 2.24) is 9.97 Å². The van der Waals surface area contributed by atoms with E-state index in [1.54, 1.807) is 12.4 Å². The van der Waals surface area contributed by atoms with Crippen molar-refractivity contribution in [2.45, 2.75) is 12.3 Å². The largest absolute Gasteiger partial charge is 0.330 e. The molecule has 0 amide bonds. The minimum Gasteiger partial charge on any atom is -0.330 e. The lowest BCUT2D eigenvalue weighted by Gasteiger charge is -2.17. The summed E-state index contributed by atoms with van der Waals surface area (Å²) in [6.45, 7) is 1.40. The summed E-state index contributed by atoms with van der Waals surface area (Å²) in [5, 5.41) is 0. The van der Waals surface area contributed by atoms with Crippen molar-refractivity contribution in [1.29, 1.82) is 0 Å². The molecule has 0 aliphatic carbocycles. The van der Waals surface area contributed by atoms with Gasteiger partial charge in [0.25, 0.3) is 5.56 Å². The third kappa shape index (κ3) is 2.02. The number of para-hydroxylation sites is 1. The van der Waals surface area contributed by atoms with Crippen LogP contribution in [0.2, 0.25) is 0 Å². The van der Waals surface area contributed by atoms with Gasteiger partial charge in [-0.1, -0.05) is 18.2 Å². The average Bonchev–Trinajstić information content (AvgIpc) is 2.79. The lowest BCUT2D eigenvalue weighted by atomic mass is 9.98. The maximum absolute atomic E-state index is 11.9. The zero-order valence-corrected chi connectivity index (χ0v) is 10.5. The number of aromatic nitrogens is 2. The summed E-state index contributed by atoms with van der Waals surface area (Å²) < 4.78 is 0. The second kappa shape index (κ2) is 4.85. The molecular weight excluding hydrogens is 240 g/mol. The molecule has 0 fully saturated rings. The van der Waals surface area contributed by atoms with Crippen LogP contribution in [0.1, 0.15) is 17.9 Å². The van der Waals surface area contributed by atoms with Crippen LogP contribution < -0.4 is 16.2 Å². The molecule has 0 radical (unpaired) electrons. The molecule has 5 nitrogen and oxygen atoms in total. The van der Waals surface area contributed by atoms with Crippen LogP contribution in [0.5, 0.6) is 0 Å². The van der Waals surface area contributed by atoms with Gasteiger partial charge >= 0.3 is 0 Å². The fourth-order valence-electron chi connectivity index (χ4n) is 2.68. The smallest absolute Gasteiger partial charge is 0.291 e. The lowest BCUT2D eigenvalue weighted by Crippen LogP contribution is -2.25. The summed E-state index contributed by atoms with van der Waals surface area (Å²) in [4.78, 5) is 20.8. The minimum atomic E-state index is -0.161. The zero-order valence-electron chi connectivity index (χ0n) is 10.5. The molecule has 5 heteroatoms. The highest BCUT2D eigenvalue weighted by atomic mass is 16.1. The van der Waals surface area contributed by atoms with Gasteiger partial charge in [-0.15, -0.1) is 0 Å². The molecule has 1 unspecified atom stereocenters. The van der Waals surface area contributed by atoms with E-state index in [1.165, 1.54) is 5.56 Å². The average molecular weight is 256 g/mol. The molecule has 0 saturated carbocycles. The molecule has 2 aromatic rings. The van der Waals surface area contributed by atoms with Crippen molar-refractivity contribution in [2.75, 3.05) is 18.0 Å². The molecule has 98 valence electrons. The Morgan fingerprint density at radius 3 is 3.05 bits per heavy atom. The lowest BCUT2D eigenvalue weighted by molar-refractivity contribution is 0.666. The van der Waals surface area contributed by atoms with Gasteiger partial charge in [0.2, 0.25) is 0 Å². The third-order valence-corrected chi connectivity index (χ3v) is 3.53. The Bertz CT molecular complexity index is 637. The van der Waals surface area contributed by atoms with E-state index in [0.29, 0.717) is 18.3 Å². The molecule has 19 heavy (non-hydrogen) atoms. The van der Waals surface area contributed by atoms with Crippen LogP contribution in [0.15, 0.2) is 41.5 Å². The van der Waals surface area contributed by atoms with Crippen LogP contribution in [0.4, 0.5) is 11.5 Å². The van der Waals surface area contributed by atoms with E-state index in [4.69, 9.17) is 5.73 Å². The summed E-state index contributed by atoms with van der Waals surface area (Å²) >= 11 is 0. The Balaban J connectivity index is 2.06. The summed E-state index contributed by atoms with van der Waals surface area (Å²) in [6, 6.07) is 8.13. The molecular formula is C14H16N4O. The number of fused-ring (bicyclic) bond motifs is 1. The molecule has 1 aliphatic heterocycles. The maximum atomic E-state index is 11.9. The Labute approximate surface area is 111 Å². The second-order valence-corrected chi connectivity index (χ2v) is 4.69. The molecule has 0 saturated heterocycles. The first-order valence-electron chi connectivity index (χ1n) is 6.41. The van der Waals surface area contributed by atoms with Crippen molar-refractivity contribution in [3.05, 3.63) is 52.6 Å². The number of nitrogens with zero attached hydrogens (tertiary/aromatic N) is 2. The number of hydrogen-bond donors (Lipinski definition) is 2. The van der Waals surface area contributed by atoms with E-state index in [1.807, 2.05) is 23.1 Å². The van der Waals surface area contributed by atoms with Crippen LogP contribution in [-0.4, -0.2) is 23.1 Å². The van der Waals surface area contributed by atoms with Crippen LogP contribution >= 0.6 is 0 Å². The standard InChI is InChI=1S/C14H16N4O/c15-6-5-10-9-18(12-4-2-1-3-11(10)12)13-14(19)17-8-7-16-13/h1-4,7-8,10H,5-6,9,15H2,(H,17,19). The van der Waals surface area contributed by atoms with E-state index in [0.717, 1.165) is 18.7 Å². The van der Waals surface area contributed by atoms with Gasteiger partial charge in [0.15, 0.2) is 5.82 Å². The Hall–Kier alpha value is -2.14. The van der Waals surface area contributed by atoms with Crippen molar-refractivity contribution in [3.63, 3.8) is 0 Å². The van der Waals surface area contributed by atoms with Gasteiger partial charge in [0.05, 0.1) is 0 Å². The molecule has 1 aromatic carbocycles. The molecule has 0 bridgehead atoms. The normalized spacial score (nSPS) is 17.5. The number of H-pyrrole nitrogens is 1. The van der Waals surface area contributed by atoms with Crippen molar-refractivity contribution < 1.29 is 0 Å². The number of rotatable bonds is 3. The first-order valence-corrected chi connectivity index (χ1v) is 6.41. The zero-order chi connectivity index (χ0) is 13.2. The van der Waals surface area contributed by atoms with E-state index in [-0.39, 0.29) is 5.56 Å². The molecule has 1 aliphatic rings. The Kier molecular flexibility index (Phi) is 3.05. The van der Waals surface area contributed by atoms with E-state index >= 15 is 0 Å². The molecule has 2 heterocycles. The van der Waals surface area contributed by atoms with E-state index < -0.39 is 0 Å². The van der Waals surface area contributed by atoms with Gasteiger partial charge in [-0.2, -0.15) is 0 Å². The third-order valence-electron chi connectivity index (χ3n) is 3.53. The summed E-state index contributed by atoms with van der Waals surface area (Å²) in [5.74, 6) is 0.817. The minimum absolute atomic E-state index is 0.161. The molecule has 0 spiro atoms. The predicted octanol–water partition coefficient (Wildman–Crippen LogP) is 1.35. The van der Waals surface area contributed by atoms with E-state index in [2.05, 4.69) is 16.0 Å². The number of nitrogens with one attached hydrogen (secondary N) is 1. The second-order valence-electron chi connectivity index (χ2n) is 4.69. The Morgan fingerprint density at radius 2 is 2.26 bits per heavy atom. The highest BCUT2D eigenvalue weighted by Crippen LogP contribution is 2.40. The highest BCUT2D eigenvalue weighted by Gasteiger charge is 2.30. The maximum Gasteiger partial charge on any atom is 0.291 e. The van der Waals surface area contributed by atoms with Crippen molar-refractivity contribution >= 4 is 11.5 Å². The predicted molar refractivity (Wildman–Crippen MR) is 74.7 cm³/mol. The SMILES string of the molecule is NCCC1CN(c2ncc[nH]c2=O)c2ccccc21. The number of anilines is 2. The topological polar surface area (TPSA) is 75.0 Å². The van der Waals surface area contributed by atoms with Gasteiger partial charge in [0.1, 0.15) is 0 Å². The summed E-state index contributed by atoms with van der Waals surface area (Å²) in [7, 11) is 0. The van der Waals surface area contributed by atoms with E-state index in [9.17, 15) is 4.79 Å². The summed E-state index contributed by atoms with van der Waals surface area (Å²) in [6.07, 6.45) is 4.07. The van der Waals surface area contributed by atoms with Crippen LogP contribution in [0.3, 0.4) is 0 Å². The molecule has 3 rings (SSSR count). The molecule has 1 atom stereocenters. The van der Waals surface area contributed by atoms with Gasteiger partial charge in [-0.05, 0) is 24.6 Å². The number of benzene rings is 1. The van der Waals surface area contributed by atoms with Gasteiger partial charge < -0.3 is 15.6 Å². The first kappa shape index (κ1) is 11.9. The van der Waals surface area contributed by atoms with Crippen LogP contribution in [0.25, 0.3) is 0 Å². The van der Waals surface area contributed by atoms with Crippen LogP contribution in [0, 0.1) is 0 Å². The molecule has 1 aromatic heterocycles. The van der Waals surface area contributed by atoms with Crippen molar-refractivity contribution in [3.8, 4) is 0 Å². The number of nitrogens with two attached hydrogens (primary N) is 1. The van der Waals surface area contributed by atoms with Crippen molar-refractivity contribution in [2.24, 2.45) is 5.73 Å². The first-order chi connectivity index (χ1) is 9.31. The number of aromatic amines is 1. The van der Waals surface area contributed by atoms with Gasteiger partial charge in [-0.3, -0.25) is 4.79 Å².